The number of thiophene rings is 1. The van der Waals surface area contributed by atoms with Crippen LogP contribution < -0.4 is 4.72 Å². The number of aliphatic hydroxyl groups is 1. The first-order valence-corrected chi connectivity index (χ1v) is 9.06. The molecule has 0 radical (unpaired) electrons. The molecule has 0 aliphatic carbocycles. The summed E-state index contributed by atoms with van der Waals surface area (Å²) in [6, 6.07) is 4.68. The maximum absolute atomic E-state index is 12.3. The highest BCUT2D eigenvalue weighted by Crippen LogP contribution is 2.24. The van der Waals surface area contributed by atoms with Crippen molar-refractivity contribution in [3.8, 4) is 0 Å². The van der Waals surface area contributed by atoms with Crippen molar-refractivity contribution in [1.29, 1.82) is 0 Å². The van der Waals surface area contributed by atoms with Gasteiger partial charge in [0.15, 0.2) is 0 Å². The fraction of sp³-hybridized carbons (Fsp3) is 0.231. The Hall–Kier alpha value is -0.730. The molecule has 7 heteroatoms. The fourth-order valence-corrected chi connectivity index (χ4v) is 4.67. The van der Waals surface area contributed by atoms with E-state index in [2.05, 4.69) is 20.7 Å². The Labute approximate surface area is 130 Å². The molecule has 108 valence electrons. The van der Waals surface area contributed by atoms with E-state index in [1.54, 1.807) is 23.5 Å². The zero-order valence-electron chi connectivity index (χ0n) is 10.8. The number of sulfonamides is 1. The summed E-state index contributed by atoms with van der Waals surface area (Å²) in [4.78, 5) is 0.169. The molecule has 0 aliphatic heterocycles. The lowest BCUT2D eigenvalue weighted by Gasteiger charge is -2.09. The summed E-state index contributed by atoms with van der Waals surface area (Å²) in [5.74, 6) is 0. The summed E-state index contributed by atoms with van der Waals surface area (Å²) in [7, 11) is -3.58. The first-order valence-electron chi connectivity index (χ1n) is 5.84. The number of aryl methyl sites for hydroxylation is 1. The lowest BCUT2D eigenvalue weighted by Crippen LogP contribution is -2.23. The Kier molecular flexibility index (Phi) is 4.98. The van der Waals surface area contributed by atoms with E-state index in [-0.39, 0.29) is 18.0 Å². The van der Waals surface area contributed by atoms with Gasteiger partial charge >= 0.3 is 0 Å². The minimum absolute atomic E-state index is 0.125. The van der Waals surface area contributed by atoms with Crippen LogP contribution in [0, 0.1) is 6.92 Å². The summed E-state index contributed by atoms with van der Waals surface area (Å²) >= 11 is 4.78. The highest BCUT2D eigenvalue weighted by molar-refractivity contribution is 9.10. The Morgan fingerprint density at radius 1 is 1.35 bits per heavy atom. The Morgan fingerprint density at radius 3 is 2.65 bits per heavy atom. The summed E-state index contributed by atoms with van der Waals surface area (Å²) in [6.45, 7) is 2.10. The third kappa shape index (κ3) is 3.48. The second kappa shape index (κ2) is 6.36. The average Bonchev–Trinajstić information content (AvgIpc) is 2.81. The average molecular weight is 376 g/mol. The van der Waals surface area contributed by atoms with E-state index < -0.39 is 10.0 Å². The third-order valence-corrected chi connectivity index (χ3v) is 6.17. The molecule has 0 spiro atoms. The second-order valence-electron chi connectivity index (χ2n) is 4.33. The van der Waals surface area contributed by atoms with Gasteiger partial charge in [0.2, 0.25) is 10.0 Å². The standard InChI is InChI=1S/C13H14BrNO3S2/c1-9-7-19-8-11(9)5-15-20(17,18)13-3-2-10(6-16)4-12(13)14/h2-4,7-8,15-16H,5-6H2,1H3. The van der Waals surface area contributed by atoms with Crippen LogP contribution in [0.2, 0.25) is 0 Å². The summed E-state index contributed by atoms with van der Waals surface area (Å²) in [5, 5.41) is 12.9. The second-order valence-corrected chi connectivity index (χ2v) is 7.66. The zero-order chi connectivity index (χ0) is 14.8. The molecule has 0 fully saturated rings. The van der Waals surface area contributed by atoms with Gasteiger partial charge in [-0.1, -0.05) is 6.07 Å². The van der Waals surface area contributed by atoms with Gasteiger partial charge in [-0.2, -0.15) is 11.3 Å². The van der Waals surface area contributed by atoms with E-state index in [9.17, 15) is 8.42 Å². The van der Waals surface area contributed by atoms with Gasteiger partial charge in [-0.3, -0.25) is 0 Å². The molecule has 2 N–H and O–H groups in total. The molecule has 0 bridgehead atoms. The summed E-state index contributed by atoms with van der Waals surface area (Å²) in [5.41, 5.74) is 2.71. The van der Waals surface area contributed by atoms with Crippen LogP contribution >= 0.6 is 27.3 Å². The van der Waals surface area contributed by atoms with Crippen molar-refractivity contribution in [2.45, 2.75) is 25.0 Å². The van der Waals surface area contributed by atoms with E-state index in [0.717, 1.165) is 11.1 Å². The van der Waals surface area contributed by atoms with Crippen LogP contribution in [-0.4, -0.2) is 13.5 Å². The predicted octanol–water partition coefficient (Wildman–Crippen LogP) is 2.79. The summed E-state index contributed by atoms with van der Waals surface area (Å²) in [6.07, 6.45) is 0. The van der Waals surface area contributed by atoms with Crippen molar-refractivity contribution in [2.75, 3.05) is 0 Å². The Morgan fingerprint density at radius 2 is 2.10 bits per heavy atom. The molecule has 2 aromatic rings. The van der Waals surface area contributed by atoms with Crippen LogP contribution in [0.15, 0.2) is 38.3 Å². The van der Waals surface area contributed by atoms with E-state index in [1.165, 1.54) is 6.07 Å². The van der Waals surface area contributed by atoms with Crippen molar-refractivity contribution in [2.24, 2.45) is 0 Å². The number of hydrogen-bond acceptors (Lipinski definition) is 4. The maximum atomic E-state index is 12.3. The number of hydrogen-bond donors (Lipinski definition) is 2. The molecule has 2 rings (SSSR count). The number of halogens is 1. The molecule has 1 aromatic heterocycles. The molecule has 0 saturated heterocycles. The number of benzene rings is 1. The van der Waals surface area contributed by atoms with Gasteiger partial charge in [0.1, 0.15) is 0 Å². The van der Waals surface area contributed by atoms with Crippen LogP contribution in [0.4, 0.5) is 0 Å². The molecule has 1 heterocycles. The highest BCUT2D eigenvalue weighted by Gasteiger charge is 2.18. The van der Waals surface area contributed by atoms with E-state index in [0.29, 0.717) is 10.0 Å². The highest BCUT2D eigenvalue weighted by atomic mass is 79.9. The van der Waals surface area contributed by atoms with Gasteiger partial charge in [-0.05, 0) is 62.4 Å². The van der Waals surface area contributed by atoms with Crippen molar-refractivity contribution in [3.63, 3.8) is 0 Å². The molecule has 4 nitrogen and oxygen atoms in total. The van der Waals surface area contributed by atoms with Crippen molar-refractivity contribution in [1.82, 2.24) is 4.72 Å². The van der Waals surface area contributed by atoms with Gasteiger partial charge in [0, 0.05) is 11.0 Å². The quantitative estimate of drug-likeness (QED) is 0.844. The van der Waals surface area contributed by atoms with E-state index >= 15 is 0 Å². The van der Waals surface area contributed by atoms with Gasteiger partial charge in [0.05, 0.1) is 11.5 Å². The van der Waals surface area contributed by atoms with Crippen molar-refractivity contribution >= 4 is 37.3 Å². The first kappa shape index (κ1) is 15.7. The SMILES string of the molecule is Cc1cscc1CNS(=O)(=O)c1ccc(CO)cc1Br. The Balaban J connectivity index is 2.20. The minimum Gasteiger partial charge on any atom is -0.392 e. The maximum Gasteiger partial charge on any atom is 0.241 e. The molecule has 0 atom stereocenters. The van der Waals surface area contributed by atoms with E-state index in [4.69, 9.17) is 5.11 Å². The lowest BCUT2D eigenvalue weighted by atomic mass is 10.2. The van der Waals surface area contributed by atoms with Gasteiger partial charge < -0.3 is 5.11 Å². The molecule has 0 aliphatic rings. The van der Waals surface area contributed by atoms with Crippen LogP contribution in [0.3, 0.4) is 0 Å². The van der Waals surface area contributed by atoms with Crippen LogP contribution in [-0.2, 0) is 23.2 Å². The number of aliphatic hydroxyl groups excluding tert-OH is 1. The van der Waals surface area contributed by atoms with Gasteiger partial charge in [0.25, 0.3) is 0 Å². The minimum atomic E-state index is -3.58. The largest absolute Gasteiger partial charge is 0.392 e. The smallest absolute Gasteiger partial charge is 0.241 e. The molecular formula is C13H14BrNO3S2. The van der Waals surface area contributed by atoms with Gasteiger partial charge in [-0.15, -0.1) is 0 Å². The topological polar surface area (TPSA) is 66.4 Å². The third-order valence-electron chi connectivity index (χ3n) is 2.88. The predicted molar refractivity (Wildman–Crippen MR) is 83.1 cm³/mol. The van der Waals surface area contributed by atoms with Crippen LogP contribution in [0.25, 0.3) is 0 Å². The number of nitrogens with one attached hydrogen (secondary N) is 1. The molecule has 20 heavy (non-hydrogen) atoms. The van der Waals surface area contributed by atoms with Crippen LogP contribution in [0.1, 0.15) is 16.7 Å². The monoisotopic (exact) mass is 375 g/mol. The summed E-state index contributed by atoms with van der Waals surface area (Å²) < 4.78 is 27.5. The van der Waals surface area contributed by atoms with Gasteiger partial charge in [-0.25, -0.2) is 13.1 Å². The first-order chi connectivity index (χ1) is 9.44. The Bertz CT molecular complexity index is 710. The lowest BCUT2D eigenvalue weighted by molar-refractivity contribution is 0.281. The molecular weight excluding hydrogens is 362 g/mol. The van der Waals surface area contributed by atoms with Crippen molar-refractivity contribution < 1.29 is 13.5 Å². The van der Waals surface area contributed by atoms with E-state index in [1.807, 2.05) is 17.7 Å². The van der Waals surface area contributed by atoms with Crippen molar-refractivity contribution in [3.05, 3.63) is 50.1 Å². The fourth-order valence-electron chi connectivity index (χ4n) is 1.68. The zero-order valence-corrected chi connectivity index (χ0v) is 14.0. The number of rotatable bonds is 5. The normalized spacial score (nSPS) is 11.8. The molecule has 0 amide bonds. The molecule has 0 unspecified atom stereocenters. The van der Waals surface area contributed by atoms with Crippen LogP contribution in [0.5, 0.6) is 0 Å². The molecule has 0 saturated carbocycles. The molecule has 1 aromatic carbocycles.